The first kappa shape index (κ1) is 16.3. The van der Waals surface area contributed by atoms with E-state index in [1.165, 1.54) is 25.7 Å². The Bertz CT molecular complexity index is 370. The third kappa shape index (κ3) is 4.43. The van der Waals surface area contributed by atoms with Crippen LogP contribution in [0.15, 0.2) is 0 Å². The lowest BCUT2D eigenvalue weighted by Gasteiger charge is -2.36. The van der Waals surface area contributed by atoms with Crippen molar-refractivity contribution in [2.24, 2.45) is 17.6 Å². The Balaban J connectivity index is 1.75. The van der Waals surface area contributed by atoms with Crippen molar-refractivity contribution in [1.29, 1.82) is 0 Å². The molecule has 2 fully saturated rings. The number of amides is 2. The van der Waals surface area contributed by atoms with Crippen LogP contribution < -0.4 is 5.73 Å². The van der Waals surface area contributed by atoms with E-state index >= 15 is 0 Å². The highest BCUT2D eigenvalue weighted by Gasteiger charge is 2.28. The highest BCUT2D eigenvalue weighted by atomic mass is 16.2. The van der Waals surface area contributed by atoms with Gasteiger partial charge in [-0.3, -0.25) is 14.5 Å². The number of carbonyl (C=O) groups excluding carboxylic acids is 2. The quantitative estimate of drug-likeness (QED) is 0.848. The van der Waals surface area contributed by atoms with E-state index in [0.29, 0.717) is 38.5 Å². The largest absolute Gasteiger partial charge is 0.369 e. The maximum atomic E-state index is 12.4. The summed E-state index contributed by atoms with van der Waals surface area (Å²) in [5.74, 6) is 0.749. The highest BCUT2D eigenvalue weighted by Crippen LogP contribution is 2.26. The molecular formula is C16H29N3O2. The molecule has 2 N–H and O–H groups in total. The summed E-state index contributed by atoms with van der Waals surface area (Å²) in [6.07, 6.45) is 6.38. The number of piperidine rings is 1. The minimum Gasteiger partial charge on any atom is -0.369 e. The maximum absolute atomic E-state index is 12.4. The van der Waals surface area contributed by atoms with Crippen LogP contribution in [0.1, 0.15) is 45.4 Å². The van der Waals surface area contributed by atoms with Gasteiger partial charge in [0.2, 0.25) is 11.8 Å². The molecule has 1 saturated heterocycles. The number of nitrogens with two attached hydrogens (primary N) is 1. The summed E-state index contributed by atoms with van der Waals surface area (Å²) >= 11 is 0. The minimum absolute atomic E-state index is 0.0494. The molecule has 0 spiro atoms. The van der Waals surface area contributed by atoms with Crippen LogP contribution in [0, 0.1) is 11.8 Å². The van der Waals surface area contributed by atoms with Crippen LogP contribution >= 0.6 is 0 Å². The molecule has 0 aromatic carbocycles. The number of nitrogens with zero attached hydrogens (tertiary/aromatic N) is 2. The van der Waals surface area contributed by atoms with E-state index in [1.807, 2.05) is 4.90 Å². The van der Waals surface area contributed by atoms with Gasteiger partial charge >= 0.3 is 0 Å². The van der Waals surface area contributed by atoms with Crippen molar-refractivity contribution >= 4 is 11.8 Å². The van der Waals surface area contributed by atoms with Gasteiger partial charge in [0.25, 0.3) is 0 Å². The standard InChI is InChI=1S/C16H29N3O2/c1-12-3-5-14(6-4-12)18(2)11-15(20)19-9-7-13(8-10-19)16(17)21/h12-14H,3-11H2,1-2H3,(H2,17,21). The summed E-state index contributed by atoms with van der Waals surface area (Å²) in [5.41, 5.74) is 5.33. The van der Waals surface area contributed by atoms with Crippen LogP contribution in [0.3, 0.4) is 0 Å². The molecule has 1 aliphatic carbocycles. The summed E-state index contributed by atoms with van der Waals surface area (Å²) in [7, 11) is 2.06. The van der Waals surface area contributed by atoms with Gasteiger partial charge in [-0.15, -0.1) is 0 Å². The molecule has 120 valence electrons. The second-order valence-corrected chi connectivity index (χ2v) is 6.89. The zero-order chi connectivity index (χ0) is 15.4. The van der Waals surface area contributed by atoms with E-state index in [-0.39, 0.29) is 17.7 Å². The molecule has 5 heteroatoms. The SMILES string of the molecule is CC1CCC(N(C)CC(=O)N2CCC(C(N)=O)CC2)CC1. The molecule has 5 nitrogen and oxygen atoms in total. The molecule has 0 radical (unpaired) electrons. The Kier molecular flexibility index (Phi) is 5.62. The topological polar surface area (TPSA) is 66.6 Å². The van der Waals surface area contributed by atoms with Gasteiger partial charge in [0.05, 0.1) is 6.54 Å². The van der Waals surface area contributed by atoms with E-state index in [9.17, 15) is 9.59 Å². The monoisotopic (exact) mass is 295 g/mol. The van der Waals surface area contributed by atoms with Crippen molar-refractivity contribution < 1.29 is 9.59 Å². The predicted molar refractivity (Wildman–Crippen MR) is 82.5 cm³/mol. The first-order valence-electron chi connectivity index (χ1n) is 8.24. The van der Waals surface area contributed by atoms with E-state index in [1.54, 1.807) is 0 Å². The average Bonchev–Trinajstić information content (AvgIpc) is 2.47. The van der Waals surface area contributed by atoms with E-state index in [4.69, 9.17) is 5.73 Å². The Hall–Kier alpha value is -1.10. The smallest absolute Gasteiger partial charge is 0.236 e. The maximum Gasteiger partial charge on any atom is 0.236 e. The number of hydrogen-bond acceptors (Lipinski definition) is 3. The summed E-state index contributed by atoms with van der Waals surface area (Å²) in [6.45, 7) is 4.15. The van der Waals surface area contributed by atoms with Gasteiger partial charge in [-0.05, 0) is 51.5 Å². The molecule has 0 atom stereocenters. The normalized spacial score (nSPS) is 27.9. The van der Waals surface area contributed by atoms with Crippen molar-refractivity contribution in [2.45, 2.75) is 51.5 Å². The van der Waals surface area contributed by atoms with Crippen LogP contribution in [0.2, 0.25) is 0 Å². The van der Waals surface area contributed by atoms with Crippen LogP contribution in [0.5, 0.6) is 0 Å². The average molecular weight is 295 g/mol. The zero-order valence-corrected chi connectivity index (χ0v) is 13.4. The van der Waals surface area contributed by atoms with Crippen LogP contribution in [-0.4, -0.2) is 54.3 Å². The molecule has 0 aromatic heterocycles. The number of carbonyl (C=O) groups is 2. The van der Waals surface area contributed by atoms with Crippen LogP contribution in [-0.2, 0) is 9.59 Å². The van der Waals surface area contributed by atoms with Crippen molar-refractivity contribution in [2.75, 3.05) is 26.7 Å². The molecule has 0 unspecified atom stereocenters. The number of rotatable bonds is 4. The minimum atomic E-state index is -0.226. The number of hydrogen-bond donors (Lipinski definition) is 1. The number of likely N-dealkylation sites (tertiary alicyclic amines) is 1. The Morgan fingerprint density at radius 3 is 2.19 bits per heavy atom. The third-order valence-corrected chi connectivity index (χ3v) is 5.24. The lowest BCUT2D eigenvalue weighted by Crippen LogP contribution is -2.47. The fourth-order valence-electron chi connectivity index (χ4n) is 3.54. The van der Waals surface area contributed by atoms with Crippen molar-refractivity contribution in [3.05, 3.63) is 0 Å². The molecule has 2 amide bonds. The van der Waals surface area contributed by atoms with Gasteiger partial charge in [0.1, 0.15) is 0 Å². The van der Waals surface area contributed by atoms with Gasteiger partial charge in [0, 0.05) is 25.0 Å². The second-order valence-electron chi connectivity index (χ2n) is 6.89. The molecule has 21 heavy (non-hydrogen) atoms. The molecule has 1 saturated carbocycles. The molecule has 1 heterocycles. The summed E-state index contributed by atoms with van der Waals surface area (Å²) in [6, 6.07) is 0.549. The lowest BCUT2D eigenvalue weighted by molar-refractivity contribution is -0.136. The van der Waals surface area contributed by atoms with Crippen LogP contribution in [0.25, 0.3) is 0 Å². The fraction of sp³-hybridized carbons (Fsp3) is 0.875. The third-order valence-electron chi connectivity index (χ3n) is 5.24. The Morgan fingerprint density at radius 2 is 1.67 bits per heavy atom. The molecule has 0 aromatic rings. The Labute approximate surface area is 127 Å². The Morgan fingerprint density at radius 1 is 1.10 bits per heavy atom. The summed E-state index contributed by atoms with van der Waals surface area (Å²) < 4.78 is 0. The van der Waals surface area contributed by atoms with Gasteiger partial charge in [-0.25, -0.2) is 0 Å². The first-order chi connectivity index (χ1) is 9.97. The van der Waals surface area contributed by atoms with Crippen LogP contribution in [0.4, 0.5) is 0 Å². The van der Waals surface area contributed by atoms with Gasteiger partial charge in [-0.1, -0.05) is 6.92 Å². The first-order valence-corrected chi connectivity index (χ1v) is 8.24. The molecule has 0 bridgehead atoms. The van der Waals surface area contributed by atoms with Crippen molar-refractivity contribution in [3.63, 3.8) is 0 Å². The second kappa shape index (κ2) is 7.25. The van der Waals surface area contributed by atoms with E-state index < -0.39 is 0 Å². The van der Waals surface area contributed by atoms with Crippen molar-refractivity contribution in [3.8, 4) is 0 Å². The zero-order valence-electron chi connectivity index (χ0n) is 13.4. The van der Waals surface area contributed by atoms with Gasteiger partial charge < -0.3 is 10.6 Å². The molecular weight excluding hydrogens is 266 g/mol. The van der Waals surface area contributed by atoms with Gasteiger partial charge in [0.15, 0.2) is 0 Å². The predicted octanol–water partition coefficient (Wildman–Crippen LogP) is 1.22. The molecule has 2 aliphatic rings. The molecule has 1 aliphatic heterocycles. The highest BCUT2D eigenvalue weighted by molar-refractivity contribution is 5.80. The van der Waals surface area contributed by atoms with E-state index in [0.717, 1.165) is 5.92 Å². The summed E-state index contributed by atoms with van der Waals surface area (Å²) in [4.78, 5) is 27.6. The van der Waals surface area contributed by atoms with E-state index in [2.05, 4.69) is 18.9 Å². The number of likely N-dealkylation sites (N-methyl/N-ethyl adjacent to an activating group) is 1. The number of primary amides is 1. The van der Waals surface area contributed by atoms with Gasteiger partial charge in [-0.2, -0.15) is 0 Å². The fourth-order valence-corrected chi connectivity index (χ4v) is 3.54. The van der Waals surface area contributed by atoms with Crippen molar-refractivity contribution in [1.82, 2.24) is 9.80 Å². The molecule has 2 rings (SSSR count). The summed E-state index contributed by atoms with van der Waals surface area (Å²) in [5, 5.41) is 0. The lowest BCUT2D eigenvalue weighted by atomic mass is 9.87.